The van der Waals surface area contributed by atoms with Gasteiger partial charge < -0.3 is 5.32 Å². The highest BCUT2D eigenvalue weighted by Gasteiger charge is 2.18. The van der Waals surface area contributed by atoms with E-state index in [-0.39, 0.29) is 11.5 Å². The molecule has 0 aliphatic carbocycles. The Morgan fingerprint density at radius 3 is 2.50 bits per heavy atom. The Kier molecular flexibility index (Phi) is 4.97. The van der Waals surface area contributed by atoms with Crippen LogP contribution in [0.15, 0.2) is 53.3 Å². The molecule has 1 unspecified atom stereocenters. The van der Waals surface area contributed by atoms with Crippen molar-refractivity contribution in [3.63, 3.8) is 0 Å². The van der Waals surface area contributed by atoms with Crippen molar-refractivity contribution in [1.29, 1.82) is 0 Å². The fourth-order valence-electron chi connectivity index (χ4n) is 2.71. The van der Waals surface area contributed by atoms with Gasteiger partial charge in [0.25, 0.3) is 5.56 Å². The number of rotatable bonds is 5. The molecular formula is C19H21N5O2. The second kappa shape index (κ2) is 7.35. The van der Waals surface area contributed by atoms with Gasteiger partial charge in [-0.1, -0.05) is 30.3 Å². The van der Waals surface area contributed by atoms with E-state index < -0.39 is 6.04 Å². The zero-order valence-corrected chi connectivity index (χ0v) is 15.0. The van der Waals surface area contributed by atoms with E-state index in [0.717, 1.165) is 17.0 Å². The maximum Gasteiger partial charge on any atom is 0.267 e. The van der Waals surface area contributed by atoms with E-state index in [0.29, 0.717) is 12.4 Å². The monoisotopic (exact) mass is 351 g/mol. The lowest BCUT2D eigenvalue weighted by Crippen LogP contribution is -2.37. The lowest BCUT2D eigenvalue weighted by atomic mass is 10.2. The van der Waals surface area contributed by atoms with Gasteiger partial charge in [0.2, 0.25) is 5.91 Å². The van der Waals surface area contributed by atoms with Gasteiger partial charge in [-0.25, -0.2) is 9.36 Å². The Morgan fingerprint density at radius 2 is 1.85 bits per heavy atom. The van der Waals surface area contributed by atoms with Gasteiger partial charge in [-0.3, -0.25) is 9.59 Å². The first kappa shape index (κ1) is 17.6. The van der Waals surface area contributed by atoms with E-state index >= 15 is 0 Å². The minimum atomic E-state index is -0.733. The van der Waals surface area contributed by atoms with Crippen LogP contribution >= 0.6 is 0 Å². The van der Waals surface area contributed by atoms with Crippen molar-refractivity contribution in [3.8, 4) is 5.82 Å². The summed E-state index contributed by atoms with van der Waals surface area (Å²) in [5.41, 5.74) is 2.42. The molecule has 7 nitrogen and oxygen atoms in total. The number of benzene rings is 1. The molecule has 0 aliphatic rings. The van der Waals surface area contributed by atoms with Crippen LogP contribution in [0.25, 0.3) is 5.82 Å². The average Bonchev–Trinajstić information content (AvgIpc) is 2.98. The van der Waals surface area contributed by atoms with Crippen molar-refractivity contribution in [2.45, 2.75) is 33.4 Å². The van der Waals surface area contributed by atoms with Crippen molar-refractivity contribution in [2.24, 2.45) is 0 Å². The Balaban J connectivity index is 1.81. The molecule has 3 aromatic rings. The number of nitrogens with zero attached hydrogens (tertiary/aromatic N) is 4. The minimum Gasteiger partial charge on any atom is -0.350 e. The fourth-order valence-corrected chi connectivity index (χ4v) is 2.71. The summed E-state index contributed by atoms with van der Waals surface area (Å²) < 4.78 is 2.84. The first-order valence-electron chi connectivity index (χ1n) is 8.41. The van der Waals surface area contributed by atoms with Crippen molar-refractivity contribution in [2.75, 3.05) is 0 Å². The molecular weight excluding hydrogens is 330 g/mol. The molecule has 2 aromatic heterocycles. The first-order valence-corrected chi connectivity index (χ1v) is 8.41. The molecule has 0 radical (unpaired) electrons. The summed E-state index contributed by atoms with van der Waals surface area (Å²) in [5, 5.41) is 11.5. The highest BCUT2D eigenvalue weighted by molar-refractivity contribution is 5.79. The van der Waals surface area contributed by atoms with Crippen LogP contribution in [0.4, 0.5) is 0 Å². The molecule has 3 rings (SSSR count). The van der Waals surface area contributed by atoms with Gasteiger partial charge >= 0.3 is 0 Å². The summed E-state index contributed by atoms with van der Waals surface area (Å²) >= 11 is 0. The zero-order valence-electron chi connectivity index (χ0n) is 15.0. The van der Waals surface area contributed by atoms with E-state index in [1.54, 1.807) is 17.7 Å². The number of aromatic nitrogens is 4. The Bertz CT molecular complexity index is 975. The molecule has 1 aromatic carbocycles. The summed E-state index contributed by atoms with van der Waals surface area (Å²) in [6, 6.07) is 13.8. The molecule has 0 bridgehead atoms. The van der Waals surface area contributed by atoms with Crippen LogP contribution in [0.3, 0.4) is 0 Å². The van der Waals surface area contributed by atoms with Crippen molar-refractivity contribution in [1.82, 2.24) is 24.9 Å². The smallest absolute Gasteiger partial charge is 0.267 e. The van der Waals surface area contributed by atoms with Crippen LogP contribution in [-0.4, -0.2) is 25.5 Å². The van der Waals surface area contributed by atoms with Gasteiger partial charge in [-0.2, -0.15) is 5.10 Å². The Hall–Kier alpha value is -3.22. The predicted octanol–water partition coefficient (Wildman–Crippen LogP) is 1.92. The molecule has 0 aliphatic heterocycles. The average molecular weight is 351 g/mol. The topological polar surface area (TPSA) is 81.8 Å². The SMILES string of the molecule is Cc1cc(C)n(-c2ccc(=O)n(C(C)C(=O)NCc3ccccc3)n2)n1. The van der Waals surface area contributed by atoms with Crippen LogP contribution in [0.5, 0.6) is 0 Å². The number of amides is 1. The fraction of sp³-hybridized carbons (Fsp3) is 0.263. The van der Waals surface area contributed by atoms with Gasteiger partial charge in [0.05, 0.1) is 5.69 Å². The number of aryl methyl sites for hydroxylation is 2. The summed E-state index contributed by atoms with van der Waals surface area (Å²) in [6.45, 7) is 5.85. The highest BCUT2D eigenvalue weighted by Crippen LogP contribution is 2.10. The third-order valence-corrected chi connectivity index (χ3v) is 4.09. The van der Waals surface area contributed by atoms with Gasteiger partial charge in [-0.05, 0) is 38.5 Å². The number of carbonyl (C=O) groups is 1. The number of hydrogen-bond acceptors (Lipinski definition) is 4. The molecule has 7 heteroatoms. The molecule has 0 spiro atoms. The second-order valence-corrected chi connectivity index (χ2v) is 6.19. The van der Waals surface area contributed by atoms with Crippen LogP contribution in [0, 0.1) is 13.8 Å². The summed E-state index contributed by atoms with van der Waals surface area (Å²) in [4.78, 5) is 24.7. The molecule has 1 atom stereocenters. The molecule has 0 saturated heterocycles. The Labute approximate surface area is 151 Å². The number of hydrogen-bond donors (Lipinski definition) is 1. The van der Waals surface area contributed by atoms with E-state index in [2.05, 4.69) is 15.5 Å². The van der Waals surface area contributed by atoms with Crippen LogP contribution in [-0.2, 0) is 11.3 Å². The third kappa shape index (κ3) is 3.72. The minimum absolute atomic E-state index is 0.269. The van der Waals surface area contributed by atoms with E-state index in [9.17, 15) is 9.59 Å². The standard InChI is InChI=1S/C19H21N5O2/c1-13-11-14(2)23(21-13)17-9-10-18(25)24(22-17)15(3)19(26)20-12-16-7-5-4-6-8-16/h4-11,15H,12H2,1-3H3,(H,20,26). The Morgan fingerprint density at radius 1 is 1.12 bits per heavy atom. The first-order chi connectivity index (χ1) is 12.5. The largest absolute Gasteiger partial charge is 0.350 e. The molecule has 0 saturated carbocycles. The van der Waals surface area contributed by atoms with Crippen LogP contribution < -0.4 is 10.9 Å². The van der Waals surface area contributed by atoms with Gasteiger partial charge in [-0.15, -0.1) is 5.10 Å². The molecule has 0 fully saturated rings. The predicted molar refractivity (Wildman–Crippen MR) is 98.1 cm³/mol. The molecule has 1 amide bonds. The number of carbonyl (C=O) groups excluding carboxylic acids is 1. The van der Waals surface area contributed by atoms with Gasteiger partial charge in [0, 0.05) is 18.3 Å². The highest BCUT2D eigenvalue weighted by atomic mass is 16.2. The molecule has 134 valence electrons. The second-order valence-electron chi connectivity index (χ2n) is 6.19. The lowest BCUT2D eigenvalue weighted by Gasteiger charge is -2.15. The normalized spacial score (nSPS) is 12.0. The van der Waals surface area contributed by atoms with E-state index in [4.69, 9.17) is 0 Å². The van der Waals surface area contributed by atoms with Crippen LogP contribution in [0.2, 0.25) is 0 Å². The maximum absolute atomic E-state index is 12.5. The molecule has 26 heavy (non-hydrogen) atoms. The maximum atomic E-state index is 12.5. The lowest BCUT2D eigenvalue weighted by molar-refractivity contribution is -0.124. The van der Waals surface area contributed by atoms with Crippen molar-refractivity contribution in [3.05, 3.63) is 75.8 Å². The zero-order chi connectivity index (χ0) is 18.7. The summed E-state index contributed by atoms with van der Waals surface area (Å²) in [5.74, 6) is 0.229. The summed E-state index contributed by atoms with van der Waals surface area (Å²) in [6.07, 6.45) is 0. The third-order valence-electron chi connectivity index (χ3n) is 4.09. The van der Waals surface area contributed by atoms with E-state index in [1.807, 2.05) is 50.2 Å². The number of nitrogens with one attached hydrogen (secondary N) is 1. The summed E-state index contributed by atoms with van der Waals surface area (Å²) in [7, 11) is 0. The quantitative estimate of drug-likeness (QED) is 0.761. The van der Waals surface area contributed by atoms with E-state index in [1.165, 1.54) is 10.7 Å². The van der Waals surface area contributed by atoms with Crippen molar-refractivity contribution < 1.29 is 4.79 Å². The van der Waals surface area contributed by atoms with Crippen LogP contribution in [0.1, 0.15) is 29.9 Å². The molecule has 1 N–H and O–H groups in total. The molecule has 2 heterocycles. The van der Waals surface area contributed by atoms with Crippen molar-refractivity contribution >= 4 is 5.91 Å². The van der Waals surface area contributed by atoms with Gasteiger partial charge in [0.1, 0.15) is 6.04 Å². The van der Waals surface area contributed by atoms with Gasteiger partial charge in [0.15, 0.2) is 5.82 Å².